The third-order valence-electron chi connectivity index (χ3n) is 1.45. The first-order valence-electron chi connectivity index (χ1n) is 3.99. The smallest absolute Gasteiger partial charge is 0.320 e. The zero-order valence-corrected chi connectivity index (χ0v) is 9.56. The van der Waals surface area contributed by atoms with Crippen molar-refractivity contribution in [3.63, 3.8) is 0 Å². The molecule has 1 aromatic heterocycles. The summed E-state index contributed by atoms with van der Waals surface area (Å²) in [4.78, 5) is 14.2. The van der Waals surface area contributed by atoms with E-state index in [-0.39, 0.29) is 6.54 Å². The van der Waals surface area contributed by atoms with E-state index < -0.39 is 21.7 Å². The van der Waals surface area contributed by atoms with Crippen molar-refractivity contribution in [1.82, 2.24) is 9.71 Å². The molecule has 0 saturated heterocycles. The number of thiazole rings is 1. The molecular weight excluding hydrogens is 240 g/mol. The molecule has 8 heteroatoms. The van der Waals surface area contributed by atoms with Gasteiger partial charge in [0.15, 0.2) is 5.75 Å². The van der Waals surface area contributed by atoms with Crippen LogP contribution in [0, 0.1) is 6.92 Å². The molecule has 0 unspecified atom stereocenters. The Hall–Kier alpha value is -0.990. The summed E-state index contributed by atoms with van der Waals surface area (Å²) < 4.78 is 24.4. The van der Waals surface area contributed by atoms with Crippen molar-refractivity contribution in [3.05, 3.63) is 16.1 Å². The van der Waals surface area contributed by atoms with Crippen molar-refractivity contribution in [2.24, 2.45) is 0 Å². The summed E-state index contributed by atoms with van der Waals surface area (Å²) in [5.41, 5.74) is 0.589. The molecule has 6 nitrogen and oxygen atoms in total. The van der Waals surface area contributed by atoms with Crippen LogP contribution in [0.2, 0.25) is 0 Å². The molecule has 0 aromatic carbocycles. The van der Waals surface area contributed by atoms with Crippen LogP contribution in [0.1, 0.15) is 10.7 Å². The summed E-state index contributed by atoms with van der Waals surface area (Å²) in [5.74, 6) is -2.30. The van der Waals surface area contributed by atoms with E-state index in [0.717, 1.165) is 5.01 Å². The maximum atomic E-state index is 11.1. The number of nitrogens with zero attached hydrogens (tertiary/aromatic N) is 1. The number of hydrogen-bond donors (Lipinski definition) is 2. The van der Waals surface area contributed by atoms with Crippen LogP contribution in [0.15, 0.2) is 5.38 Å². The van der Waals surface area contributed by atoms with Crippen LogP contribution >= 0.6 is 11.3 Å². The number of nitrogens with one attached hydrogen (secondary N) is 1. The summed E-state index contributed by atoms with van der Waals surface area (Å²) in [5, 5.41) is 10.9. The van der Waals surface area contributed by atoms with Gasteiger partial charge < -0.3 is 5.11 Å². The lowest BCUT2D eigenvalue weighted by molar-refractivity contribution is -0.134. The largest absolute Gasteiger partial charge is 0.480 e. The van der Waals surface area contributed by atoms with Crippen LogP contribution in [0.4, 0.5) is 0 Å². The van der Waals surface area contributed by atoms with Crippen molar-refractivity contribution in [3.8, 4) is 0 Å². The highest BCUT2D eigenvalue weighted by molar-refractivity contribution is 7.90. The van der Waals surface area contributed by atoms with Crippen LogP contribution in [-0.2, 0) is 21.4 Å². The molecule has 15 heavy (non-hydrogen) atoms. The van der Waals surface area contributed by atoms with Gasteiger partial charge in [0.25, 0.3) is 0 Å². The monoisotopic (exact) mass is 250 g/mol. The molecule has 0 radical (unpaired) electrons. The number of hydrogen-bond acceptors (Lipinski definition) is 5. The van der Waals surface area contributed by atoms with Gasteiger partial charge in [-0.05, 0) is 6.92 Å². The van der Waals surface area contributed by atoms with Gasteiger partial charge in [0.1, 0.15) is 0 Å². The van der Waals surface area contributed by atoms with Crippen LogP contribution in [0.3, 0.4) is 0 Å². The maximum absolute atomic E-state index is 11.1. The van der Waals surface area contributed by atoms with Gasteiger partial charge in [-0.3, -0.25) is 4.79 Å². The third-order valence-corrected chi connectivity index (χ3v) is 3.49. The molecule has 84 valence electrons. The summed E-state index contributed by atoms with van der Waals surface area (Å²) >= 11 is 1.41. The number of aromatic nitrogens is 1. The fourth-order valence-corrected chi connectivity index (χ4v) is 2.29. The molecule has 1 heterocycles. The Morgan fingerprint density at radius 1 is 1.67 bits per heavy atom. The van der Waals surface area contributed by atoms with Crippen LogP contribution in [0.5, 0.6) is 0 Å². The second kappa shape index (κ2) is 4.69. The average Bonchev–Trinajstić information content (AvgIpc) is 2.46. The van der Waals surface area contributed by atoms with Gasteiger partial charge in [-0.15, -0.1) is 11.3 Å². The number of carboxylic acids is 1. The highest BCUT2D eigenvalue weighted by atomic mass is 32.2. The van der Waals surface area contributed by atoms with Gasteiger partial charge in [0.2, 0.25) is 10.0 Å². The first kappa shape index (κ1) is 12.1. The molecule has 0 aliphatic rings. The maximum Gasteiger partial charge on any atom is 0.320 e. The van der Waals surface area contributed by atoms with E-state index >= 15 is 0 Å². The number of aliphatic carboxylic acids is 1. The lowest BCUT2D eigenvalue weighted by Crippen LogP contribution is -2.29. The summed E-state index contributed by atoms with van der Waals surface area (Å²) in [7, 11) is -3.75. The fourth-order valence-electron chi connectivity index (χ4n) is 0.887. The van der Waals surface area contributed by atoms with Gasteiger partial charge in [-0.1, -0.05) is 0 Å². The van der Waals surface area contributed by atoms with E-state index in [4.69, 9.17) is 5.11 Å². The summed E-state index contributed by atoms with van der Waals surface area (Å²) in [6, 6.07) is 0. The van der Waals surface area contributed by atoms with Crippen molar-refractivity contribution in [2.45, 2.75) is 13.5 Å². The van der Waals surface area contributed by atoms with Crippen LogP contribution in [0.25, 0.3) is 0 Å². The predicted octanol–water partition coefficient (Wildman–Crippen LogP) is -0.0445. The fraction of sp³-hybridized carbons (Fsp3) is 0.429. The highest BCUT2D eigenvalue weighted by Crippen LogP contribution is 2.07. The first-order valence-corrected chi connectivity index (χ1v) is 6.52. The molecule has 1 aromatic rings. The van der Waals surface area contributed by atoms with Crippen molar-refractivity contribution >= 4 is 27.3 Å². The van der Waals surface area contributed by atoms with E-state index in [2.05, 4.69) is 9.71 Å². The topological polar surface area (TPSA) is 96.4 Å². The second-order valence-corrected chi connectivity index (χ2v) is 5.70. The Morgan fingerprint density at radius 3 is 2.80 bits per heavy atom. The number of aryl methyl sites for hydroxylation is 1. The van der Waals surface area contributed by atoms with Crippen molar-refractivity contribution < 1.29 is 18.3 Å². The summed E-state index contributed by atoms with van der Waals surface area (Å²) in [6.07, 6.45) is 0. The van der Waals surface area contributed by atoms with Gasteiger partial charge in [0, 0.05) is 5.38 Å². The molecule has 1 rings (SSSR count). The average molecular weight is 250 g/mol. The Balaban J connectivity index is 2.53. The lowest BCUT2D eigenvalue weighted by atomic mass is 10.5. The third kappa shape index (κ3) is 4.36. The van der Waals surface area contributed by atoms with Crippen LogP contribution < -0.4 is 4.72 Å². The van der Waals surface area contributed by atoms with Crippen molar-refractivity contribution in [1.29, 1.82) is 0 Å². The SMILES string of the molecule is Cc1nc(CNS(=O)(=O)CC(=O)O)cs1. The molecule has 2 N–H and O–H groups in total. The van der Waals surface area contributed by atoms with E-state index in [9.17, 15) is 13.2 Å². The molecule has 0 aliphatic heterocycles. The molecule has 0 spiro atoms. The Morgan fingerprint density at radius 2 is 2.33 bits per heavy atom. The van der Waals surface area contributed by atoms with E-state index in [1.54, 1.807) is 12.3 Å². The lowest BCUT2D eigenvalue weighted by Gasteiger charge is -2.01. The zero-order chi connectivity index (χ0) is 11.5. The number of carbonyl (C=O) groups is 1. The molecule has 0 fully saturated rings. The molecule has 0 bridgehead atoms. The number of rotatable bonds is 5. The Kier molecular flexibility index (Phi) is 3.77. The first-order chi connectivity index (χ1) is 6.89. The highest BCUT2D eigenvalue weighted by Gasteiger charge is 2.15. The predicted molar refractivity (Wildman–Crippen MR) is 55.1 cm³/mol. The van der Waals surface area contributed by atoms with Gasteiger partial charge in [-0.25, -0.2) is 18.1 Å². The Bertz CT molecular complexity index is 451. The minimum atomic E-state index is -3.75. The zero-order valence-electron chi connectivity index (χ0n) is 7.93. The van der Waals surface area contributed by atoms with Crippen LogP contribution in [-0.4, -0.2) is 30.2 Å². The van der Waals surface area contributed by atoms with Crippen molar-refractivity contribution in [2.75, 3.05) is 5.75 Å². The summed E-state index contributed by atoms with van der Waals surface area (Å²) in [6.45, 7) is 1.83. The van der Waals surface area contributed by atoms with E-state index in [0.29, 0.717) is 5.69 Å². The van der Waals surface area contributed by atoms with E-state index in [1.807, 2.05) is 0 Å². The normalized spacial score (nSPS) is 11.5. The minimum absolute atomic E-state index is 0.0277. The Labute approximate surface area is 91.0 Å². The van der Waals surface area contributed by atoms with Gasteiger partial charge >= 0.3 is 5.97 Å². The quantitative estimate of drug-likeness (QED) is 0.764. The van der Waals surface area contributed by atoms with E-state index in [1.165, 1.54) is 11.3 Å². The molecule has 0 amide bonds. The van der Waals surface area contributed by atoms with Gasteiger partial charge in [0.05, 0.1) is 17.2 Å². The molecule has 0 aliphatic carbocycles. The molecular formula is C7H10N2O4S2. The second-order valence-electron chi connectivity index (χ2n) is 2.83. The van der Waals surface area contributed by atoms with Gasteiger partial charge in [-0.2, -0.15) is 0 Å². The molecule has 0 saturated carbocycles. The number of carboxylic acid groups (broad SMARTS) is 1. The number of sulfonamides is 1. The minimum Gasteiger partial charge on any atom is -0.480 e. The molecule has 0 atom stereocenters. The standard InChI is InChI=1S/C7H10N2O4S2/c1-5-9-6(3-14-5)2-8-15(12,13)4-7(10)11/h3,8H,2,4H2,1H3,(H,10,11).